The summed E-state index contributed by atoms with van der Waals surface area (Å²) in [6.45, 7) is 0.0365. The van der Waals surface area contributed by atoms with Gasteiger partial charge in [0.25, 0.3) is 0 Å². The van der Waals surface area contributed by atoms with Crippen LogP contribution in [0.1, 0.15) is 18.4 Å². The molecule has 4 N–H and O–H groups in total. The maximum atomic E-state index is 11.5. The zero-order valence-corrected chi connectivity index (χ0v) is 10.7. The van der Waals surface area contributed by atoms with Crippen LogP contribution in [-0.4, -0.2) is 58.7 Å². The first-order valence-electron chi connectivity index (χ1n) is 5.97. The van der Waals surface area contributed by atoms with Crippen molar-refractivity contribution < 1.29 is 24.2 Å². The summed E-state index contributed by atoms with van der Waals surface area (Å²) in [6.07, 6.45) is -1.06. The van der Waals surface area contributed by atoms with Crippen LogP contribution in [0.2, 0.25) is 0 Å². The third-order valence-electron chi connectivity index (χ3n) is 2.48. The second-order valence-corrected chi connectivity index (χ2v) is 4.10. The number of carboxylic acids is 1. The van der Waals surface area contributed by atoms with Crippen LogP contribution in [0.5, 0.6) is 0 Å². The van der Waals surface area contributed by atoms with Crippen LogP contribution in [0.4, 0.5) is 4.79 Å². The first kappa shape index (κ1) is 19.4. The third-order valence-corrected chi connectivity index (χ3v) is 2.48. The molecule has 0 saturated heterocycles. The zero-order chi connectivity index (χ0) is 15.0. The summed E-state index contributed by atoms with van der Waals surface area (Å²) in [5.41, 5.74) is 5.71. The van der Waals surface area contributed by atoms with Crippen LogP contribution < -0.4 is 11.1 Å². The SMILES string of the molecule is NC(=O)CC[C@H](NC(=O)OCc1ccccc1)C(=O)O.[NaH]. The van der Waals surface area contributed by atoms with Crippen LogP contribution in [0, 0.1) is 0 Å². The summed E-state index contributed by atoms with van der Waals surface area (Å²) < 4.78 is 4.89. The molecule has 2 amide bonds. The molecule has 0 radical (unpaired) electrons. The average Bonchev–Trinajstić information content (AvgIpc) is 2.41. The topological polar surface area (TPSA) is 119 Å². The summed E-state index contributed by atoms with van der Waals surface area (Å²) in [5.74, 6) is -1.88. The minimum atomic E-state index is -1.25. The number of primary amides is 1. The van der Waals surface area contributed by atoms with Gasteiger partial charge in [-0.1, -0.05) is 30.3 Å². The number of ether oxygens (including phenoxy) is 1. The molecule has 1 aromatic rings. The van der Waals surface area contributed by atoms with Gasteiger partial charge in [0.2, 0.25) is 5.91 Å². The van der Waals surface area contributed by atoms with E-state index in [1.807, 2.05) is 6.07 Å². The molecule has 0 aliphatic heterocycles. The van der Waals surface area contributed by atoms with Crippen molar-refractivity contribution in [3.63, 3.8) is 0 Å². The number of aliphatic carboxylic acids is 1. The van der Waals surface area contributed by atoms with E-state index in [1.54, 1.807) is 24.3 Å². The number of hydrogen-bond acceptors (Lipinski definition) is 4. The number of nitrogens with two attached hydrogens (primary N) is 1. The van der Waals surface area contributed by atoms with Gasteiger partial charge in [-0.2, -0.15) is 0 Å². The fourth-order valence-electron chi connectivity index (χ4n) is 1.45. The molecular formula is C13H17N2NaO5. The molecule has 1 rings (SSSR count). The quantitative estimate of drug-likeness (QED) is 0.612. The van der Waals surface area contributed by atoms with E-state index in [2.05, 4.69) is 5.32 Å². The predicted octanol–water partition coefficient (Wildman–Crippen LogP) is -0.0170. The molecule has 0 saturated carbocycles. The monoisotopic (exact) mass is 304 g/mol. The number of alkyl carbamates (subject to hydrolysis) is 1. The van der Waals surface area contributed by atoms with Gasteiger partial charge in [0, 0.05) is 6.42 Å². The Morgan fingerprint density at radius 2 is 1.86 bits per heavy atom. The molecule has 0 aliphatic rings. The third kappa shape index (κ3) is 8.34. The van der Waals surface area contributed by atoms with Crippen molar-refractivity contribution in [3.8, 4) is 0 Å². The van der Waals surface area contributed by atoms with Crippen molar-refractivity contribution >= 4 is 47.5 Å². The Morgan fingerprint density at radius 1 is 1.24 bits per heavy atom. The Labute approximate surface area is 144 Å². The molecule has 8 heteroatoms. The summed E-state index contributed by atoms with van der Waals surface area (Å²) in [7, 11) is 0. The Hall–Kier alpha value is -1.57. The van der Waals surface area contributed by atoms with E-state index in [0.29, 0.717) is 0 Å². The van der Waals surface area contributed by atoms with Crippen LogP contribution in [-0.2, 0) is 20.9 Å². The van der Waals surface area contributed by atoms with Gasteiger partial charge in [-0.3, -0.25) is 4.79 Å². The van der Waals surface area contributed by atoms with Crippen LogP contribution in [0.25, 0.3) is 0 Å². The van der Waals surface area contributed by atoms with Crippen molar-refractivity contribution in [1.29, 1.82) is 0 Å². The van der Waals surface area contributed by atoms with E-state index in [0.717, 1.165) is 5.56 Å². The van der Waals surface area contributed by atoms with E-state index in [4.69, 9.17) is 15.6 Å². The molecule has 1 aromatic carbocycles. The number of amides is 2. The van der Waals surface area contributed by atoms with Gasteiger partial charge in [-0.15, -0.1) is 0 Å². The number of carbonyl (C=O) groups is 3. The number of rotatable bonds is 7. The molecular weight excluding hydrogens is 287 g/mol. The normalized spacial score (nSPS) is 10.9. The van der Waals surface area contributed by atoms with E-state index >= 15 is 0 Å². The van der Waals surface area contributed by atoms with Crippen LogP contribution in [0.15, 0.2) is 30.3 Å². The predicted molar refractivity (Wildman–Crippen MR) is 76.8 cm³/mol. The van der Waals surface area contributed by atoms with Gasteiger partial charge >= 0.3 is 41.6 Å². The van der Waals surface area contributed by atoms with Crippen molar-refractivity contribution in [1.82, 2.24) is 5.32 Å². The molecule has 1 atom stereocenters. The van der Waals surface area contributed by atoms with Gasteiger partial charge in [-0.25, -0.2) is 9.59 Å². The van der Waals surface area contributed by atoms with E-state index in [1.165, 1.54) is 0 Å². The van der Waals surface area contributed by atoms with Crippen molar-refractivity contribution in [2.45, 2.75) is 25.5 Å². The fourth-order valence-corrected chi connectivity index (χ4v) is 1.45. The molecule has 0 heterocycles. The maximum absolute atomic E-state index is 11.5. The molecule has 0 bridgehead atoms. The van der Waals surface area contributed by atoms with Gasteiger partial charge in [0.1, 0.15) is 12.6 Å². The molecule has 0 spiro atoms. The molecule has 0 unspecified atom stereocenters. The standard InChI is InChI=1S/C13H16N2O5.Na.H/c14-11(16)7-6-10(12(17)18)15-13(19)20-8-9-4-2-1-3-5-9;;/h1-5,10H,6-8H2,(H2,14,16)(H,15,19)(H,17,18);;/t10-;;/m0../s1. The molecule has 7 nitrogen and oxygen atoms in total. The Balaban J connectivity index is 0.00000400. The van der Waals surface area contributed by atoms with Crippen molar-refractivity contribution in [2.24, 2.45) is 5.73 Å². The Bertz CT molecular complexity index is 481. The Morgan fingerprint density at radius 3 is 2.38 bits per heavy atom. The molecule has 110 valence electrons. The Kier molecular flexibility index (Phi) is 9.44. The van der Waals surface area contributed by atoms with Gasteiger partial charge in [0.15, 0.2) is 0 Å². The molecule has 0 aliphatic carbocycles. The summed E-state index contributed by atoms with van der Waals surface area (Å²) in [4.78, 5) is 33.0. The van der Waals surface area contributed by atoms with Crippen LogP contribution in [0.3, 0.4) is 0 Å². The molecule has 0 aromatic heterocycles. The second-order valence-electron chi connectivity index (χ2n) is 4.10. The van der Waals surface area contributed by atoms with Gasteiger partial charge in [-0.05, 0) is 12.0 Å². The first-order chi connectivity index (χ1) is 9.49. The van der Waals surface area contributed by atoms with E-state index in [9.17, 15) is 14.4 Å². The number of hydrogen-bond donors (Lipinski definition) is 3. The second kappa shape index (κ2) is 10.2. The minimum absolute atomic E-state index is 0. The van der Waals surface area contributed by atoms with E-state index < -0.39 is 24.0 Å². The molecule has 0 fully saturated rings. The van der Waals surface area contributed by atoms with Gasteiger partial charge < -0.3 is 20.9 Å². The number of carboxylic acid groups (broad SMARTS) is 1. The van der Waals surface area contributed by atoms with E-state index in [-0.39, 0.29) is 49.0 Å². The molecule has 21 heavy (non-hydrogen) atoms. The summed E-state index contributed by atoms with van der Waals surface area (Å²) in [6, 6.07) is 7.76. The number of benzene rings is 1. The average molecular weight is 304 g/mol. The summed E-state index contributed by atoms with van der Waals surface area (Å²) in [5, 5.41) is 11.1. The first-order valence-corrected chi connectivity index (χ1v) is 5.97. The van der Waals surface area contributed by atoms with Crippen LogP contribution >= 0.6 is 0 Å². The number of nitrogens with one attached hydrogen (secondary N) is 1. The summed E-state index contributed by atoms with van der Waals surface area (Å²) >= 11 is 0. The van der Waals surface area contributed by atoms with Crippen molar-refractivity contribution in [2.75, 3.05) is 0 Å². The van der Waals surface area contributed by atoms with Gasteiger partial charge in [0.05, 0.1) is 0 Å². The van der Waals surface area contributed by atoms with Crippen molar-refractivity contribution in [3.05, 3.63) is 35.9 Å². The fraction of sp³-hybridized carbons (Fsp3) is 0.308. The zero-order valence-electron chi connectivity index (χ0n) is 10.7. The number of carbonyl (C=O) groups excluding carboxylic acids is 2.